The zero-order valence-corrected chi connectivity index (χ0v) is 7.31. The molecule has 1 rings (SSSR count). The maximum Gasteiger partial charge on any atom is 0.137 e. The van der Waals surface area contributed by atoms with Crippen LogP contribution in [-0.4, -0.2) is 11.7 Å². The van der Waals surface area contributed by atoms with Crippen molar-refractivity contribution in [2.45, 2.75) is 0 Å². The molecule has 1 radical (unpaired) electrons. The number of hydrogen-bond acceptors (Lipinski definition) is 1. The molecule has 0 saturated heterocycles. The smallest absolute Gasteiger partial charge is 0.137 e. The standard InChI is InChI=1S/C8H7BrFO/c9-8-6(4-5-11)2-1-3-7(8)10/h1-4,11H,5H2. The molecular formula is C8H7BrFO. The van der Waals surface area contributed by atoms with Crippen molar-refractivity contribution in [3.63, 3.8) is 0 Å². The van der Waals surface area contributed by atoms with Gasteiger partial charge in [-0.25, -0.2) is 4.39 Å². The van der Waals surface area contributed by atoms with Crippen LogP contribution in [0.2, 0.25) is 0 Å². The van der Waals surface area contributed by atoms with Crippen LogP contribution in [0, 0.1) is 12.2 Å². The van der Waals surface area contributed by atoms with E-state index in [1.54, 1.807) is 12.1 Å². The van der Waals surface area contributed by atoms with Gasteiger partial charge < -0.3 is 5.11 Å². The van der Waals surface area contributed by atoms with Crippen LogP contribution in [0.1, 0.15) is 5.56 Å². The summed E-state index contributed by atoms with van der Waals surface area (Å²) in [5.41, 5.74) is 0.674. The Bertz CT molecular complexity index is 250. The van der Waals surface area contributed by atoms with Gasteiger partial charge in [0, 0.05) is 6.42 Å². The molecule has 0 bridgehead atoms. The first-order valence-electron chi connectivity index (χ1n) is 3.14. The Kier molecular flexibility index (Phi) is 3.02. The molecule has 0 atom stereocenters. The third-order valence-electron chi connectivity index (χ3n) is 1.29. The number of aliphatic hydroxyl groups excluding tert-OH is 1. The molecule has 59 valence electrons. The van der Waals surface area contributed by atoms with Crippen molar-refractivity contribution in [1.29, 1.82) is 0 Å². The molecule has 11 heavy (non-hydrogen) atoms. The molecule has 0 spiro atoms. The Hall–Kier alpha value is -0.410. The highest BCUT2D eigenvalue weighted by molar-refractivity contribution is 9.10. The van der Waals surface area contributed by atoms with Crippen molar-refractivity contribution in [3.8, 4) is 0 Å². The minimum Gasteiger partial charge on any atom is -0.396 e. The first-order valence-corrected chi connectivity index (χ1v) is 3.93. The maximum atomic E-state index is 12.8. The second-order valence-electron chi connectivity index (χ2n) is 2.03. The van der Waals surface area contributed by atoms with E-state index < -0.39 is 0 Å². The van der Waals surface area contributed by atoms with Crippen molar-refractivity contribution in [3.05, 3.63) is 40.5 Å². The van der Waals surface area contributed by atoms with E-state index in [1.807, 2.05) is 0 Å². The quantitative estimate of drug-likeness (QED) is 0.806. The van der Waals surface area contributed by atoms with Gasteiger partial charge in [-0.2, -0.15) is 0 Å². The fourth-order valence-corrected chi connectivity index (χ4v) is 1.20. The minimum atomic E-state index is -0.313. The van der Waals surface area contributed by atoms with Crippen LogP contribution in [-0.2, 0) is 0 Å². The van der Waals surface area contributed by atoms with Crippen LogP contribution < -0.4 is 0 Å². The summed E-state index contributed by atoms with van der Waals surface area (Å²) < 4.78 is 13.2. The Morgan fingerprint density at radius 1 is 1.55 bits per heavy atom. The summed E-state index contributed by atoms with van der Waals surface area (Å²) >= 11 is 3.06. The molecule has 0 aliphatic heterocycles. The zero-order chi connectivity index (χ0) is 8.27. The highest BCUT2D eigenvalue weighted by Gasteiger charge is 2.03. The summed E-state index contributed by atoms with van der Waals surface area (Å²) in [7, 11) is 0. The van der Waals surface area contributed by atoms with Crippen LogP contribution in [0.5, 0.6) is 0 Å². The van der Waals surface area contributed by atoms with Gasteiger partial charge in [0.05, 0.1) is 11.1 Å². The largest absolute Gasteiger partial charge is 0.396 e. The van der Waals surface area contributed by atoms with Gasteiger partial charge in [-0.15, -0.1) is 0 Å². The first kappa shape index (κ1) is 8.68. The van der Waals surface area contributed by atoms with Crippen LogP contribution in [0.3, 0.4) is 0 Å². The molecule has 0 heterocycles. The number of benzene rings is 1. The molecular weight excluding hydrogens is 211 g/mol. The van der Waals surface area contributed by atoms with Gasteiger partial charge in [-0.05, 0) is 27.6 Å². The lowest BCUT2D eigenvalue weighted by molar-refractivity contribution is 0.331. The van der Waals surface area contributed by atoms with Crippen molar-refractivity contribution in [2.24, 2.45) is 0 Å². The minimum absolute atomic E-state index is 0.0813. The van der Waals surface area contributed by atoms with Crippen LogP contribution in [0.15, 0.2) is 22.7 Å². The van der Waals surface area contributed by atoms with Crippen LogP contribution in [0.4, 0.5) is 4.39 Å². The third-order valence-corrected chi connectivity index (χ3v) is 2.13. The monoisotopic (exact) mass is 217 g/mol. The second kappa shape index (κ2) is 3.83. The summed E-state index contributed by atoms with van der Waals surface area (Å²) in [6.45, 7) is -0.0813. The topological polar surface area (TPSA) is 20.2 Å². The molecule has 1 aromatic carbocycles. The third kappa shape index (κ3) is 2.01. The number of rotatable bonds is 2. The fraction of sp³-hybridized carbons (Fsp3) is 0.125. The first-order chi connectivity index (χ1) is 5.25. The molecule has 0 unspecified atom stereocenters. The van der Waals surface area contributed by atoms with Crippen molar-refractivity contribution >= 4 is 15.9 Å². The molecule has 0 amide bonds. The molecule has 3 heteroatoms. The molecule has 0 aliphatic rings. The lowest BCUT2D eigenvalue weighted by Crippen LogP contribution is -1.90. The van der Waals surface area contributed by atoms with Gasteiger partial charge in [0.15, 0.2) is 0 Å². The van der Waals surface area contributed by atoms with Gasteiger partial charge in [0.25, 0.3) is 0 Å². The molecule has 0 aliphatic carbocycles. The van der Waals surface area contributed by atoms with E-state index in [2.05, 4.69) is 15.9 Å². The molecule has 1 N–H and O–H groups in total. The molecule has 0 saturated carbocycles. The van der Waals surface area contributed by atoms with Gasteiger partial charge >= 0.3 is 0 Å². The predicted molar refractivity (Wildman–Crippen MR) is 44.6 cm³/mol. The SMILES string of the molecule is OC[CH]c1cccc(F)c1Br. The zero-order valence-electron chi connectivity index (χ0n) is 5.72. The van der Waals surface area contributed by atoms with E-state index >= 15 is 0 Å². The van der Waals surface area contributed by atoms with Crippen molar-refractivity contribution in [1.82, 2.24) is 0 Å². The number of hydrogen-bond donors (Lipinski definition) is 1. The highest BCUT2D eigenvalue weighted by atomic mass is 79.9. The molecule has 0 fully saturated rings. The number of aliphatic hydroxyl groups is 1. The average molecular weight is 218 g/mol. The maximum absolute atomic E-state index is 12.8. The Labute approximate surface area is 73.0 Å². The Balaban J connectivity index is 2.96. The Morgan fingerprint density at radius 3 is 2.91 bits per heavy atom. The second-order valence-corrected chi connectivity index (χ2v) is 2.82. The summed E-state index contributed by atoms with van der Waals surface area (Å²) in [6.07, 6.45) is 1.53. The van der Waals surface area contributed by atoms with E-state index in [0.29, 0.717) is 10.0 Å². The van der Waals surface area contributed by atoms with E-state index in [9.17, 15) is 4.39 Å². The molecule has 0 aromatic heterocycles. The van der Waals surface area contributed by atoms with Gasteiger partial charge in [0.2, 0.25) is 0 Å². The van der Waals surface area contributed by atoms with Crippen molar-refractivity contribution in [2.75, 3.05) is 6.61 Å². The van der Waals surface area contributed by atoms with Crippen molar-refractivity contribution < 1.29 is 9.50 Å². The van der Waals surface area contributed by atoms with E-state index in [0.717, 1.165) is 0 Å². The van der Waals surface area contributed by atoms with Gasteiger partial charge in [0.1, 0.15) is 5.82 Å². The normalized spacial score (nSPS) is 10.1. The summed E-state index contributed by atoms with van der Waals surface area (Å²) in [5.74, 6) is -0.313. The van der Waals surface area contributed by atoms with Gasteiger partial charge in [-0.1, -0.05) is 12.1 Å². The van der Waals surface area contributed by atoms with Gasteiger partial charge in [-0.3, -0.25) is 0 Å². The average Bonchev–Trinajstić information content (AvgIpc) is 1.99. The van der Waals surface area contributed by atoms with Crippen LogP contribution in [0.25, 0.3) is 0 Å². The van der Waals surface area contributed by atoms with E-state index in [1.165, 1.54) is 12.5 Å². The summed E-state index contributed by atoms with van der Waals surface area (Å²) in [6, 6.07) is 4.68. The highest BCUT2D eigenvalue weighted by Crippen LogP contribution is 2.21. The fourth-order valence-electron chi connectivity index (χ4n) is 0.776. The summed E-state index contributed by atoms with van der Waals surface area (Å²) in [5, 5.41) is 8.54. The Morgan fingerprint density at radius 2 is 2.27 bits per heavy atom. The molecule has 1 aromatic rings. The van der Waals surface area contributed by atoms with E-state index in [4.69, 9.17) is 5.11 Å². The summed E-state index contributed by atoms with van der Waals surface area (Å²) in [4.78, 5) is 0. The van der Waals surface area contributed by atoms with Crippen LogP contribution >= 0.6 is 15.9 Å². The predicted octanol–water partition coefficient (Wildman–Crippen LogP) is 2.13. The lowest BCUT2D eigenvalue weighted by Gasteiger charge is -2.01. The van der Waals surface area contributed by atoms with E-state index in [-0.39, 0.29) is 12.4 Å². The lowest BCUT2D eigenvalue weighted by atomic mass is 10.2. The molecule has 1 nitrogen and oxygen atoms in total. The number of halogens is 2.